The minimum Gasteiger partial charge on any atom is -0.214 e. The van der Waals surface area contributed by atoms with Gasteiger partial charge in [-0.15, -0.1) is 11.0 Å². The van der Waals surface area contributed by atoms with Crippen molar-refractivity contribution in [3.05, 3.63) is 90.5 Å². The van der Waals surface area contributed by atoms with Crippen LogP contribution in [0.2, 0.25) is 0 Å². The van der Waals surface area contributed by atoms with Gasteiger partial charge < -0.3 is 4.98 Å². The monoisotopic (exact) mass is 499 g/mol. The summed E-state index contributed by atoms with van der Waals surface area (Å²) in [4.78, 5) is 33.1. The fraction of sp³-hybridized carbons (Fsp3) is 0. The first kappa shape index (κ1) is 22.1. The van der Waals surface area contributed by atoms with Crippen molar-refractivity contribution < 1.29 is 38.1 Å². The fourth-order valence-electron chi connectivity index (χ4n) is 3.60. The molecule has 154 valence electrons. The van der Waals surface area contributed by atoms with E-state index in [2.05, 4.69) is 21.9 Å². The number of carbonyl (C=O) groups excluding carboxylic acids is 2. The van der Waals surface area contributed by atoms with E-state index in [-0.39, 0.29) is 30.6 Å². The van der Waals surface area contributed by atoms with E-state index < -0.39 is 17.6 Å². The maximum absolute atomic E-state index is 13.6. The van der Waals surface area contributed by atoms with Gasteiger partial charge in [0.15, 0.2) is 0 Å². The van der Waals surface area contributed by atoms with Crippen molar-refractivity contribution >= 4 is 44.5 Å². The van der Waals surface area contributed by atoms with Crippen LogP contribution in [0.15, 0.2) is 66.9 Å². The molecule has 0 saturated carbocycles. The molecule has 0 saturated heterocycles. The van der Waals surface area contributed by atoms with Crippen molar-refractivity contribution in [2.45, 2.75) is 0 Å². The Labute approximate surface area is 188 Å². The third-order valence-corrected chi connectivity index (χ3v) is 4.73. The number of hydrogen-bond acceptors (Lipinski definition) is 3. The van der Waals surface area contributed by atoms with Crippen molar-refractivity contribution in [2.75, 3.05) is 0 Å². The Hall–Kier alpha value is -3.57. The van der Waals surface area contributed by atoms with Crippen LogP contribution in [0, 0.1) is 12.5 Å². The van der Waals surface area contributed by atoms with Crippen LogP contribution in [0.25, 0.3) is 32.7 Å². The van der Waals surface area contributed by atoms with Gasteiger partial charge in [0.2, 0.25) is 0 Å². The van der Waals surface area contributed by atoms with E-state index in [4.69, 9.17) is 4.65 Å². The Morgan fingerprint density at radius 2 is 1.68 bits per heavy atom. The summed E-state index contributed by atoms with van der Waals surface area (Å²) in [6, 6.07) is 18.6. The van der Waals surface area contributed by atoms with E-state index >= 15 is 0 Å². The summed E-state index contributed by atoms with van der Waals surface area (Å²) in [5.41, 5.74) is 2.04. The second-order valence-corrected chi connectivity index (χ2v) is 6.40. The third-order valence-electron chi connectivity index (χ3n) is 4.73. The molecule has 6 rings (SSSR count). The quantitative estimate of drug-likeness (QED) is 0.152. The van der Waals surface area contributed by atoms with Crippen molar-refractivity contribution in [1.29, 1.82) is 0 Å². The van der Waals surface area contributed by atoms with Gasteiger partial charge in [-0.2, -0.15) is 18.2 Å². The van der Waals surface area contributed by atoms with E-state index in [0.717, 1.165) is 11.6 Å². The molecular weight excluding hydrogens is 486 g/mol. The number of halogens is 1. The van der Waals surface area contributed by atoms with Gasteiger partial charge >= 0.3 is 11.3 Å². The Morgan fingerprint density at radius 1 is 1.00 bits per heavy atom. The van der Waals surface area contributed by atoms with E-state index in [1.807, 2.05) is 54.6 Å². The number of para-hydroxylation sites is 1. The Balaban J connectivity index is 0.000000297. The van der Waals surface area contributed by atoms with Gasteiger partial charge in [-0.3, -0.25) is 19.9 Å². The number of nitrogens with zero attached hydrogens (tertiary/aromatic N) is 2. The summed E-state index contributed by atoms with van der Waals surface area (Å²) < 4.78 is 21.1. The summed E-state index contributed by atoms with van der Waals surface area (Å²) in [6.07, 6.45) is 1.09. The molecule has 0 fully saturated rings. The van der Waals surface area contributed by atoms with Crippen LogP contribution in [-0.4, -0.2) is 16.8 Å². The predicted octanol–water partition coefficient (Wildman–Crippen LogP) is 3.89. The Kier molecular flexibility index (Phi) is 6.47. The van der Waals surface area contributed by atoms with Crippen LogP contribution < -0.4 is 10.3 Å². The molecule has 6 nitrogen and oxygen atoms in total. The van der Waals surface area contributed by atoms with Gasteiger partial charge in [0.1, 0.15) is 5.82 Å². The molecule has 0 bridgehead atoms. The van der Waals surface area contributed by atoms with Crippen molar-refractivity contribution in [3.63, 3.8) is 0 Å². The molecule has 1 aliphatic heterocycles. The van der Waals surface area contributed by atoms with Crippen LogP contribution in [0.1, 0.15) is 20.7 Å². The van der Waals surface area contributed by atoms with Gasteiger partial charge in [0, 0.05) is 24.9 Å². The number of hydrogen-bond donors (Lipinski definition) is 1. The largest absolute Gasteiger partial charge is 0.214 e. The number of rotatable bonds is 0. The molecule has 3 heterocycles. The molecule has 0 radical (unpaired) electrons. The van der Waals surface area contributed by atoms with Crippen LogP contribution in [-0.2, 0) is 24.1 Å². The molecule has 1 aliphatic rings. The number of fused-ring (bicyclic) bond motifs is 8. The van der Waals surface area contributed by atoms with E-state index in [9.17, 15) is 14.0 Å². The number of carbonyl (C=O) groups is 2. The molecule has 2 aromatic heterocycles. The summed E-state index contributed by atoms with van der Waals surface area (Å²) in [6.45, 7) is 4.50. The van der Waals surface area contributed by atoms with Crippen LogP contribution >= 0.6 is 0 Å². The molecule has 0 spiro atoms. The van der Waals surface area contributed by atoms with Crippen LogP contribution in [0.3, 0.4) is 0 Å². The summed E-state index contributed by atoms with van der Waals surface area (Å²) >= 11 is 0. The maximum Gasteiger partial charge on any atom is 0 e. The zero-order valence-corrected chi connectivity index (χ0v) is 17.4. The van der Waals surface area contributed by atoms with E-state index in [1.165, 1.54) is 6.07 Å². The number of benzene rings is 2. The molecule has 0 unspecified atom stereocenters. The van der Waals surface area contributed by atoms with Gasteiger partial charge in [0.25, 0.3) is 11.8 Å². The average Bonchev–Trinajstić information content (AvgIpc) is 3.50. The van der Waals surface area contributed by atoms with Crippen LogP contribution in [0.5, 0.6) is 0 Å². The summed E-state index contributed by atoms with van der Waals surface area (Å²) in [5, 5.41) is 3.95. The summed E-state index contributed by atoms with van der Waals surface area (Å²) in [7, 11) is 0. The molecule has 31 heavy (non-hydrogen) atoms. The fourth-order valence-corrected chi connectivity index (χ4v) is 3.60. The molecule has 1 N–H and O–H groups in total. The molecule has 8 heteroatoms. The first-order chi connectivity index (χ1) is 14.6. The average molecular weight is 498 g/mol. The van der Waals surface area contributed by atoms with Crippen molar-refractivity contribution in [1.82, 2.24) is 15.3 Å². The number of amides is 2. The smallest absolute Gasteiger partial charge is 0 e. The second kappa shape index (κ2) is 9.06. The van der Waals surface area contributed by atoms with Gasteiger partial charge in [-0.25, -0.2) is 16.5 Å². The van der Waals surface area contributed by atoms with Gasteiger partial charge in [-0.05, 0) is 16.8 Å². The molecule has 2 amide bonds. The predicted molar refractivity (Wildman–Crippen MR) is 108 cm³/mol. The molecule has 0 atom stereocenters. The van der Waals surface area contributed by atoms with Crippen LogP contribution in [0.4, 0.5) is 4.39 Å². The maximum atomic E-state index is 13.6. The molecular formula is C23H12FN3O3Ru-2. The minimum atomic E-state index is -0.567. The number of aromatic nitrogens is 2. The van der Waals surface area contributed by atoms with Crippen molar-refractivity contribution in [2.24, 2.45) is 0 Å². The number of imide groups is 1. The number of pyridine rings is 1. The normalized spacial score (nSPS) is 11.7. The minimum absolute atomic E-state index is 0. The van der Waals surface area contributed by atoms with E-state index in [1.54, 1.807) is 0 Å². The SMILES string of the molecule is O=C1NC(=O)c2c1c1cc(F)cnc1c1[n-]c3ccccc3c21.[C-]#[O+].[Ru].c1cc[cH-]c1. The topological polar surface area (TPSA) is 93.1 Å². The zero-order valence-electron chi connectivity index (χ0n) is 15.7. The molecule has 0 aliphatic carbocycles. The Morgan fingerprint density at radius 3 is 2.35 bits per heavy atom. The first-order valence-electron chi connectivity index (χ1n) is 8.84. The first-order valence-corrected chi connectivity index (χ1v) is 8.84. The molecule has 3 aromatic carbocycles. The van der Waals surface area contributed by atoms with Gasteiger partial charge in [0.05, 0.1) is 22.8 Å². The van der Waals surface area contributed by atoms with Gasteiger partial charge in [-0.1, -0.05) is 24.3 Å². The zero-order chi connectivity index (χ0) is 21.3. The molecule has 5 aromatic rings. The standard InChI is InChI=1S/C17H8FN3O2.C5H5.CO.Ru/c18-7-5-9-12-13(17(23)21-16(12)22)11-8-3-1-2-4-10(8)20-15(11)14(9)19-6-7;1-2-4-5-3-1;1-2;/h1-6H,(H2,19,20,21,22,23);1-5H;;/q;-1;;/p-1. The second-order valence-electron chi connectivity index (χ2n) is 6.40. The third kappa shape index (κ3) is 3.69. The Bertz CT molecular complexity index is 1420. The number of nitrogens with one attached hydrogen (secondary N) is 1. The summed E-state index contributed by atoms with van der Waals surface area (Å²) in [5.74, 6) is -1.59. The van der Waals surface area contributed by atoms with E-state index in [0.29, 0.717) is 27.3 Å². The van der Waals surface area contributed by atoms with Crippen molar-refractivity contribution in [3.8, 4) is 0 Å².